The molecule has 0 fully saturated rings. The number of carbonyl (C=O) groups is 1. The van der Waals surface area contributed by atoms with Crippen molar-refractivity contribution in [2.75, 3.05) is 13.2 Å². The summed E-state index contributed by atoms with van der Waals surface area (Å²) in [6, 6.07) is 9.80. The van der Waals surface area contributed by atoms with Gasteiger partial charge in [-0.05, 0) is 31.4 Å². The maximum atomic E-state index is 10.2. The van der Waals surface area contributed by atoms with Crippen molar-refractivity contribution in [3.8, 4) is 5.75 Å². The zero-order valence-corrected chi connectivity index (χ0v) is 11.8. The molecule has 0 aromatic heterocycles. The Morgan fingerprint density at radius 3 is 2.28 bits per heavy atom. The summed E-state index contributed by atoms with van der Waals surface area (Å²) in [7, 11) is 0. The highest BCUT2D eigenvalue weighted by Crippen LogP contribution is 2.06. The van der Waals surface area contributed by atoms with Crippen LogP contribution in [0.4, 0.5) is 0 Å². The highest BCUT2D eigenvalue weighted by Gasteiger charge is 1.95. The van der Waals surface area contributed by atoms with Crippen LogP contribution in [0.1, 0.15) is 34.1 Å². The highest BCUT2D eigenvalue weighted by atomic mass is 16.5. The Bertz CT molecular complexity index is 307. The smallest absolute Gasteiger partial charge is 0.302 e. The minimum atomic E-state index is -0.185. The number of esters is 1. The zero-order chi connectivity index (χ0) is 13.8. The fraction of sp³-hybridized carbons (Fsp3) is 0.533. The summed E-state index contributed by atoms with van der Waals surface area (Å²) in [4.78, 5) is 10.2. The summed E-state index contributed by atoms with van der Waals surface area (Å²) in [5.41, 5.74) is 0. The lowest BCUT2D eigenvalue weighted by atomic mass is 10.1. The fourth-order valence-electron chi connectivity index (χ4n) is 1.12. The van der Waals surface area contributed by atoms with Crippen LogP contribution < -0.4 is 4.74 Å². The number of para-hydroxylation sites is 1. The molecule has 0 aliphatic rings. The van der Waals surface area contributed by atoms with E-state index in [4.69, 9.17) is 9.47 Å². The van der Waals surface area contributed by atoms with E-state index in [0.717, 1.165) is 18.8 Å². The first-order chi connectivity index (χ1) is 8.56. The first-order valence-corrected chi connectivity index (χ1v) is 6.37. The Morgan fingerprint density at radius 1 is 1.22 bits per heavy atom. The third-order valence-electron chi connectivity index (χ3n) is 2.05. The van der Waals surface area contributed by atoms with Crippen molar-refractivity contribution in [2.45, 2.75) is 34.1 Å². The van der Waals surface area contributed by atoms with Crippen LogP contribution in [0.5, 0.6) is 5.75 Å². The largest absolute Gasteiger partial charge is 0.494 e. The van der Waals surface area contributed by atoms with Crippen molar-refractivity contribution in [2.24, 2.45) is 5.92 Å². The quantitative estimate of drug-likeness (QED) is 0.750. The molecule has 1 rings (SSSR count). The summed E-state index contributed by atoms with van der Waals surface area (Å²) in [5.74, 6) is 1.38. The topological polar surface area (TPSA) is 35.5 Å². The molecule has 0 N–H and O–H groups in total. The van der Waals surface area contributed by atoms with Crippen molar-refractivity contribution in [1.82, 2.24) is 0 Å². The van der Waals surface area contributed by atoms with Crippen LogP contribution in [0.2, 0.25) is 0 Å². The molecule has 102 valence electrons. The van der Waals surface area contributed by atoms with Gasteiger partial charge in [-0.15, -0.1) is 0 Å². The maximum absolute atomic E-state index is 10.2. The average molecular weight is 252 g/mol. The third-order valence-corrected chi connectivity index (χ3v) is 2.05. The molecule has 18 heavy (non-hydrogen) atoms. The van der Waals surface area contributed by atoms with Crippen LogP contribution in [-0.4, -0.2) is 19.2 Å². The van der Waals surface area contributed by atoms with Crippen LogP contribution >= 0.6 is 0 Å². The van der Waals surface area contributed by atoms with E-state index in [1.165, 1.54) is 6.92 Å². The molecule has 0 atom stereocenters. The Morgan fingerprint density at radius 2 is 1.83 bits per heavy atom. The SMILES string of the molecule is CC(=O)OCCC(C)C.CCOc1ccccc1. The number of ether oxygens (including phenoxy) is 2. The first-order valence-electron chi connectivity index (χ1n) is 6.37. The molecule has 3 nitrogen and oxygen atoms in total. The predicted octanol–water partition coefficient (Wildman–Crippen LogP) is 3.68. The van der Waals surface area contributed by atoms with E-state index in [-0.39, 0.29) is 5.97 Å². The summed E-state index contributed by atoms with van der Waals surface area (Å²) in [6.07, 6.45) is 0.958. The molecule has 0 saturated carbocycles. The van der Waals surface area contributed by atoms with E-state index < -0.39 is 0 Å². The lowest BCUT2D eigenvalue weighted by molar-refractivity contribution is -0.141. The van der Waals surface area contributed by atoms with Gasteiger partial charge in [0.25, 0.3) is 0 Å². The van der Waals surface area contributed by atoms with Crippen molar-refractivity contribution in [1.29, 1.82) is 0 Å². The fourth-order valence-corrected chi connectivity index (χ4v) is 1.12. The molecule has 0 radical (unpaired) electrons. The minimum Gasteiger partial charge on any atom is -0.494 e. The van der Waals surface area contributed by atoms with Crippen molar-refractivity contribution >= 4 is 5.97 Å². The molecule has 1 aromatic carbocycles. The van der Waals surface area contributed by atoms with Crippen molar-refractivity contribution in [3.63, 3.8) is 0 Å². The second kappa shape index (κ2) is 10.6. The van der Waals surface area contributed by atoms with E-state index in [1.54, 1.807) is 0 Å². The molecule has 0 amide bonds. The van der Waals surface area contributed by atoms with Gasteiger partial charge in [0.1, 0.15) is 5.75 Å². The van der Waals surface area contributed by atoms with Crippen LogP contribution in [0.25, 0.3) is 0 Å². The molecular weight excluding hydrogens is 228 g/mol. The van der Waals surface area contributed by atoms with Crippen molar-refractivity contribution < 1.29 is 14.3 Å². The van der Waals surface area contributed by atoms with Crippen LogP contribution in [0, 0.1) is 5.92 Å². The number of rotatable bonds is 5. The Balaban J connectivity index is 0.000000321. The Hall–Kier alpha value is -1.51. The number of carbonyl (C=O) groups excluding carboxylic acids is 1. The Labute approximate surface area is 110 Å². The van der Waals surface area contributed by atoms with Gasteiger partial charge in [-0.2, -0.15) is 0 Å². The molecule has 1 aromatic rings. The average Bonchev–Trinajstić information content (AvgIpc) is 2.30. The molecular formula is C15H24O3. The van der Waals surface area contributed by atoms with E-state index in [9.17, 15) is 4.79 Å². The van der Waals surface area contributed by atoms with Crippen molar-refractivity contribution in [3.05, 3.63) is 30.3 Å². The van der Waals surface area contributed by atoms with Gasteiger partial charge < -0.3 is 9.47 Å². The highest BCUT2D eigenvalue weighted by molar-refractivity contribution is 5.65. The van der Waals surface area contributed by atoms with Gasteiger partial charge in [-0.25, -0.2) is 0 Å². The first kappa shape index (κ1) is 16.5. The van der Waals surface area contributed by atoms with Gasteiger partial charge in [-0.1, -0.05) is 32.0 Å². The summed E-state index contributed by atoms with van der Waals surface area (Å²) in [5, 5.41) is 0. The van der Waals surface area contributed by atoms with Crippen LogP contribution in [0.3, 0.4) is 0 Å². The molecule has 0 bridgehead atoms. The molecule has 3 heteroatoms. The lowest BCUT2D eigenvalue weighted by Crippen LogP contribution is -2.02. The lowest BCUT2D eigenvalue weighted by Gasteiger charge is -2.02. The van der Waals surface area contributed by atoms with Crippen LogP contribution in [-0.2, 0) is 9.53 Å². The van der Waals surface area contributed by atoms with E-state index >= 15 is 0 Å². The summed E-state index contributed by atoms with van der Waals surface area (Å²) in [6.45, 7) is 8.91. The monoisotopic (exact) mass is 252 g/mol. The molecule has 0 saturated heterocycles. The van der Waals surface area contributed by atoms with E-state index in [2.05, 4.69) is 13.8 Å². The van der Waals surface area contributed by atoms with E-state index in [1.807, 2.05) is 37.3 Å². The molecule has 0 spiro atoms. The second-order valence-corrected chi connectivity index (χ2v) is 4.27. The Kier molecular flexibility index (Phi) is 9.74. The third kappa shape index (κ3) is 11.0. The van der Waals surface area contributed by atoms with Gasteiger partial charge in [0.15, 0.2) is 0 Å². The number of benzene rings is 1. The second-order valence-electron chi connectivity index (χ2n) is 4.27. The zero-order valence-electron chi connectivity index (χ0n) is 11.8. The predicted molar refractivity (Wildman–Crippen MR) is 73.7 cm³/mol. The molecule has 0 aliphatic carbocycles. The van der Waals surface area contributed by atoms with Gasteiger partial charge in [-0.3, -0.25) is 4.79 Å². The minimum absolute atomic E-state index is 0.185. The molecule has 0 heterocycles. The number of hydrogen-bond donors (Lipinski definition) is 0. The van der Waals surface area contributed by atoms with Gasteiger partial charge in [0.2, 0.25) is 0 Å². The van der Waals surface area contributed by atoms with Gasteiger partial charge >= 0.3 is 5.97 Å². The van der Waals surface area contributed by atoms with Gasteiger partial charge in [0.05, 0.1) is 13.2 Å². The molecule has 0 aliphatic heterocycles. The van der Waals surface area contributed by atoms with E-state index in [0.29, 0.717) is 12.5 Å². The number of hydrogen-bond acceptors (Lipinski definition) is 3. The summed E-state index contributed by atoms with van der Waals surface area (Å²) >= 11 is 0. The summed E-state index contributed by atoms with van der Waals surface area (Å²) < 4.78 is 9.92. The van der Waals surface area contributed by atoms with Crippen LogP contribution in [0.15, 0.2) is 30.3 Å². The molecule has 0 unspecified atom stereocenters. The van der Waals surface area contributed by atoms with Gasteiger partial charge in [0, 0.05) is 6.92 Å². The normalized spacial score (nSPS) is 9.39. The maximum Gasteiger partial charge on any atom is 0.302 e. The standard InChI is InChI=1S/C8H10O.C7H14O2/c1-2-9-8-6-4-3-5-7-8;1-6(2)4-5-9-7(3)8/h3-7H,2H2,1H3;6H,4-5H2,1-3H3.